The number of nitrogens with one attached hydrogen (secondary N) is 1. The van der Waals surface area contributed by atoms with Crippen LogP contribution in [0.1, 0.15) is 5.82 Å². The molecule has 2 aromatic carbocycles. The number of benzene rings is 2. The van der Waals surface area contributed by atoms with Crippen molar-refractivity contribution in [1.82, 2.24) is 19.1 Å². The Bertz CT molecular complexity index is 1300. The molecule has 3 heterocycles. The van der Waals surface area contributed by atoms with E-state index in [1.807, 2.05) is 38.5 Å². The minimum Gasteiger partial charge on any atom is -0.340 e. The predicted molar refractivity (Wildman–Crippen MR) is 118 cm³/mol. The molecule has 5 aromatic rings. The standard InChI is InChI=1S/C24H21N5/c1-17-26-16-23(28(17)2)18-7-5-8-19(15-18)27-24-21-9-6-10-22(20(21)11-12-25-24)29-13-3-4-14-29/h3-16H,1-2H3,(H,25,27). The third-order valence-electron chi connectivity index (χ3n) is 5.31. The van der Waals surface area contributed by atoms with Crippen molar-refractivity contribution in [2.75, 3.05) is 5.32 Å². The van der Waals surface area contributed by atoms with Crippen LogP contribution >= 0.6 is 0 Å². The average Bonchev–Trinajstić information content (AvgIpc) is 3.39. The highest BCUT2D eigenvalue weighted by molar-refractivity contribution is 5.98. The Morgan fingerprint density at radius 2 is 1.69 bits per heavy atom. The summed E-state index contributed by atoms with van der Waals surface area (Å²) < 4.78 is 4.22. The number of pyridine rings is 1. The van der Waals surface area contributed by atoms with Gasteiger partial charge in [-0.05, 0) is 43.3 Å². The van der Waals surface area contributed by atoms with Gasteiger partial charge in [-0.1, -0.05) is 24.3 Å². The maximum Gasteiger partial charge on any atom is 0.138 e. The zero-order valence-electron chi connectivity index (χ0n) is 16.4. The van der Waals surface area contributed by atoms with Crippen molar-refractivity contribution in [3.63, 3.8) is 0 Å². The largest absolute Gasteiger partial charge is 0.340 e. The highest BCUT2D eigenvalue weighted by Gasteiger charge is 2.09. The van der Waals surface area contributed by atoms with Crippen LogP contribution in [0.25, 0.3) is 27.7 Å². The molecular formula is C24H21N5. The molecule has 5 nitrogen and oxygen atoms in total. The van der Waals surface area contributed by atoms with Gasteiger partial charge >= 0.3 is 0 Å². The number of fused-ring (bicyclic) bond motifs is 1. The molecule has 0 saturated heterocycles. The molecule has 0 amide bonds. The van der Waals surface area contributed by atoms with Gasteiger partial charge < -0.3 is 14.5 Å². The van der Waals surface area contributed by atoms with E-state index in [1.54, 1.807) is 0 Å². The molecule has 0 radical (unpaired) electrons. The molecule has 142 valence electrons. The molecule has 0 aliphatic rings. The second-order valence-electron chi connectivity index (χ2n) is 7.08. The van der Waals surface area contributed by atoms with E-state index < -0.39 is 0 Å². The number of hydrogen-bond donors (Lipinski definition) is 1. The molecule has 0 saturated carbocycles. The van der Waals surface area contributed by atoms with E-state index in [2.05, 4.69) is 85.3 Å². The van der Waals surface area contributed by atoms with E-state index in [0.717, 1.165) is 45.0 Å². The minimum atomic E-state index is 0.842. The van der Waals surface area contributed by atoms with Crippen LogP contribution in [0.15, 0.2) is 85.5 Å². The molecule has 3 aromatic heterocycles. The van der Waals surface area contributed by atoms with E-state index in [0.29, 0.717) is 0 Å². The second kappa shape index (κ2) is 6.95. The molecule has 5 heteroatoms. The molecule has 29 heavy (non-hydrogen) atoms. The van der Waals surface area contributed by atoms with Crippen molar-refractivity contribution in [3.8, 4) is 16.9 Å². The van der Waals surface area contributed by atoms with Crippen LogP contribution in [0.3, 0.4) is 0 Å². The first kappa shape index (κ1) is 17.3. The van der Waals surface area contributed by atoms with Crippen molar-refractivity contribution in [3.05, 3.63) is 91.3 Å². The van der Waals surface area contributed by atoms with E-state index in [1.165, 1.54) is 0 Å². The zero-order chi connectivity index (χ0) is 19.8. The van der Waals surface area contributed by atoms with E-state index in [9.17, 15) is 0 Å². The van der Waals surface area contributed by atoms with Crippen LogP contribution in [0, 0.1) is 6.92 Å². The van der Waals surface area contributed by atoms with Gasteiger partial charge in [0.05, 0.1) is 17.6 Å². The molecular weight excluding hydrogens is 358 g/mol. The Morgan fingerprint density at radius 1 is 0.862 bits per heavy atom. The summed E-state index contributed by atoms with van der Waals surface area (Å²) >= 11 is 0. The van der Waals surface area contributed by atoms with E-state index in [4.69, 9.17) is 0 Å². The maximum absolute atomic E-state index is 4.61. The SMILES string of the molecule is Cc1ncc(-c2cccc(Nc3nccc4c(-n5cccc5)cccc34)c2)n1C. The van der Waals surface area contributed by atoms with Gasteiger partial charge in [-0.15, -0.1) is 0 Å². The van der Waals surface area contributed by atoms with Crippen LogP contribution in [0.4, 0.5) is 11.5 Å². The Kier molecular flexibility index (Phi) is 4.13. The lowest BCUT2D eigenvalue weighted by Crippen LogP contribution is -1.98. The number of imidazole rings is 1. The van der Waals surface area contributed by atoms with Gasteiger partial charge in [-0.2, -0.15) is 0 Å². The molecule has 0 aliphatic heterocycles. The van der Waals surface area contributed by atoms with Gasteiger partial charge in [-0.25, -0.2) is 9.97 Å². The highest BCUT2D eigenvalue weighted by atomic mass is 15.1. The van der Waals surface area contributed by atoms with Crippen molar-refractivity contribution in [2.45, 2.75) is 6.92 Å². The smallest absolute Gasteiger partial charge is 0.138 e. The van der Waals surface area contributed by atoms with Gasteiger partial charge in [0.15, 0.2) is 0 Å². The minimum absolute atomic E-state index is 0.842. The van der Waals surface area contributed by atoms with Gasteiger partial charge in [0.1, 0.15) is 11.6 Å². The lowest BCUT2D eigenvalue weighted by atomic mass is 10.1. The zero-order valence-corrected chi connectivity index (χ0v) is 16.4. The Hall–Kier alpha value is -3.86. The molecule has 0 fully saturated rings. The molecule has 5 rings (SSSR count). The van der Waals surface area contributed by atoms with Gasteiger partial charge in [0.25, 0.3) is 0 Å². The molecule has 0 spiro atoms. The summed E-state index contributed by atoms with van der Waals surface area (Å²) in [5.74, 6) is 1.83. The number of anilines is 2. The van der Waals surface area contributed by atoms with Gasteiger partial charge in [0, 0.05) is 47.7 Å². The first-order valence-corrected chi connectivity index (χ1v) is 9.57. The summed E-state index contributed by atoms with van der Waals surface area (Å²) in [4.78, 5) is 9.02. The van der Waals surface area contributed by atoms with Crippen LogP contribution < -0.4 is 5.32 Å². The molecule has 0 unspecified atom stereocenters. The van der Waals surface area contributed by atoms with Gasteiger partial charge in [-0.3, -0.25) is 0 Å². The molecule has 1 N–H and O–H groups in total. The summed E-state index contributed by atoms with van der Waals surface area (Å²) in [7, 11) is 2.03. The fraction of sp³-hybridized carbons (Fsp3) is 0.0833. The monoisotopic (exact) mass is 379 g/mol. The number of hydrogen-bond acceptors (Lipinski definition) is 3. The first-order chi connectivity index (χ1) is 14.2. The third-order valence-corrected chi connectivity index (χ3v) is 5.31. The lowest BCUT2D eigenvalue weighted by Gasteiger charge is -2.13. The summed E-state index contributed by atoms with van der Waals surface area (Å²) in [5.41, 5.74) is 4.34. The van der Waals surface area contributed by atoms with Crippen LogP contribution in [0.2, 0.25) is 0 Å². The van der Waals surface area contributed by atoms with Crippen molar-refractivity contribution >= 4 is 22.3 Å². The summed E-state index contributed by atoms with van der Waals surface area (Å²) in [6.07, 6.45) is 7.88. The van der Waals surface area contributed by atoms with E-state index in [-0.39, 0.29) is 0 Å². The quantitative estimate of drug-likeness (QED) is 0.450. The third kappa shape index (κ3) is 3.06. The van der Waals surface area contributed by atoms with Crippen LogP contribution in [-0.4, -0.2) is 19.1 Å². The molecule has 0 bridgehead atoms. The average molecular weight is 379 g/mol. The Balaban J connectivity index is 1.55. The Morgan fingerprint density at radius 3 is 2.48 bits per heavy atom. The second-order valence-corrected chi connectivity index (χ2v) is 7.08. The maximum atomic E-state index is 4.61. The fourth-order valence-electron chi connectivity index (χ4n) is 3.67. The normalized spacial score (nSPS) is 11.1. The van der Waals surface area contributed by atoms with Crippen molar-refractivity contribution in [1.29, 1.82) is 0 Å². The number of nitrogens with zero attached hydrogens (tertiary/aromatic N) is 4. The summed E-state index contributed by atoms with van der Waals surface area (Å²) in [6.45, 7) is 2.01. The van der Waals surface area contributed by atoms with E-state index >= 15 is 0 Å². The fourth-order valence-corrected chi connectivity index (χ4v) is 3.67. The molecule has 0 atom stereocenters. The Labute approximate surface area is 169 Å². The summed E-state index contributed by atoms with van der Waals surface area (Å²) in [5, 5.41) is 5.74. The highest BCUT2D eigenvalue weighted by Crippen LogP contribution is 2.30. The lowest BCUT2D eigenvalue weighted by molar-refractivity contribution is 0.865. The van der Waals surface area contributed by atoms with Crippen LogP contribution in [-0.2, 0) is 7.05 Å². The first-order valence-electron chi connectivity index (χ1n) is 9.57. The molecule has 0 aliphatic carbocycles. The van der Waals surface area contributed by atoms with Gasteiger partial charge in [0.2, 0.25) is 0 Å². The topological polar surface area (TPSA) is 47.7 Å². The predicted octanol–water partition coefficient (Wildman–Crippen LogP) is 5.48. The van der Waals surface area contributed by atoms with Crippen LogP contribution in [0.5, 0.6) is 0 Å². The number of rotatable bonds is 4. The number of aromatic nitrogens is 4. The van der Waals surface area contributed by atoms with Crippen molar-refractivity contribution in [2.24, 2.45) is 7.05 Å². The van der Waals surface area contributed by atoms with Crippen molar-refractivity contribution < 1.29 is 0 Å². The summed E-state index contributed by atoms with van der Waals surface area (Å²) in [6, 6.07) is 20.8. The number of aryl methyl sites for hydroxylation is 1.